The highest BCUT2D eigenvalue weighted by Gasteiger charge is 2.24. The predicted octanol–water partition coefficient (Wildman–Crippen LogP) is 1.38. The molecule has 0 radical (unpaired) electrons. The number of hydrogen-bond acceptors (Lipinski definition) is 3. The third kappa shape index (κ3) is 4.22. The van der Waals surface area contributed by atoms with Gasteiger partial charge in [-0.25, -0.2) is 13.2 Å². The summed E-state index contributed by atoms with van der Waals surface area (Å²) in [6.45, 7) is 0.789. The van der Waals surface area contributed by atoms with Crippen molar-refractivity contribution in [1.82, 2.24) is 10.2 Å². The van der Waals surface area contributed by atoms with Crippen LogP contribution in [0, 0.1) is 17.5 Å². The number of hydrogen-bond donors (Lipinski definition) is 2. The molecule has 0 spiro atoms. The summed E-state index contributed by atoms with van der Waals surface area (Å²) in [6, 6.07) is -0.518. The Balaban J connectivity index is 2.93. The number of likely N-dealkylation sites (N-methyl/N-ethyl adjacent to an activating group) is 1. The van der Waals surface area contributed by atoms with Gasteiger partial charge in [0.15, 0.2) is 11.6 Å². The Morgan fingerprint density at radius 3 is 2.37 bits per heavy atom. The number of carbonyl (C=O) groups is 1. The van der Waals surface area contributed by atoms with Crippen LogP contribution in [-0.4, -0.2) is 43.2 Å². The monoisotopic (exact) mass is 276 g/mol. The van der Waals surface area contributed by atoms with E-state index >= 15 is 0 Å². The predicted molar refractivity (Wildman–Crippen MR) is 63.2 cm³/mol. The van der Waals surface area contributed by atoms with Gasteiger partial charge < -0.3 is 10.0 Å². The lowest BCUT2D eigenvalue weighted by Crippen LogP contribution is -2.34. The molecule has 0 aliphatic carbocycles. The van der Waals surface area contributed by atoms with E-state index in [1.54, 1.807) is 19.0 Å². The molecular weight excluding hydrogens is 261 g/mol. The Hall–Kier alpha value is -1.60. The molecule has 19 heavy (non-hydrogen) atoms. The quantitative estimate of drug-likeness (QED) is 0.771. The molecule has 1 aromatic rings. The van der Waals surface area contributed by atoms with E-state index < -0.39 is 35.0 Å². The van der Waals surface area contributed by atoms with Gasteiger partial charge in [-0.1, -0.05) is 0 Å². The van der Waals surface area contributed by atoms with Gasteiger partial charge in [-0.2, -0.15) is 0 Å². The Kier molecular flexibility index (Phi) is 5.31. The third-order valence-electron chi connectivity index (χ3n) is 2.51. The Morgan fingerprint density at radius 2 is 1.84 bits per heavy atom. The van der Waals surface area contributed by atoms with Crippen LogP contribution in [0.15, 0.2) is 12.1 Å². The van der Waals surface area contributed by atoms with Crippen LogP contribution < -0.4 is 5.32 Å². The molecule has 0 aliphatic heterocycles. The van der Waals surface area contributed by atoms with Gasteiger partial charge in [0.05, 0.1) is 0 Å². The maximum absolute atomic E-state index is 13.5. The fraction of sp³-hybridized carbons (Fsp3) is 0.417. The summed E-state index contributed by atoms with van der Waals surface area (Å²) in [4.78, 5) is 12.9. The fourth-order valence-electron chi connectivity index (χ4n) is 1.52. The number of benzene rings is 1. The Bertz CT molecular complexity index is 467. The van der Waals surface area contributed by atoms with Crippen molar-refractivity contribution in [3.63, 3.8) is 0 Å². The standard InChI is InChI=1S/C12H15F3N2O2/c1-17(2)4-3-16-11(12(18)19)7-5-9(14)10(15)6-8(7)13/h5-6,11,16H,3-4H2,1-2H3,(H,18,19). The first-order chi connectivity index (χ1) is 8.82. The maximum Gasteiger partial charge on any atom is 0.325 e. The van der Waals surface area contributed by atoms with Gasteiger partial charge in [0.1, 0.15) is 11.9 Å². The number of nitrogens with one attached hydrogen (secondary N) is 1. The van der Waals surface area contributed by atoms with Gasteiger partial charge in [0, 0.05) is 24.7 Å². The van der Waals surface area contributed by atoms with Gasteiger partial charge >= 0.3 is 5.97 Å². The van der Waals surface area contributed by atoms with E-state index in [1.807, 2.05) is 0 Å². The Morgan fingerprint density at radius 1 is 1.26 bits per heavy atom. The van der Waals surface area contributed by atoms with E-state index in [0.717, 1.165) is 0 Å². The molecule has 4 nitrogen and oxygen atoms in total. The lowest BCUT2D eigenvalue weighted by atomic mass is 10.1. The second kappa shape index (κ2) is 6.53. The zero-order valence-corrected chi connectivity index (χ0v) is 10.6. The summed E-state index contributed by atoms with van der Waals surface area (Å²) in [5, 5.41) is 11.6. The molecule has 1 unspecified atom stereocenters. The highest BCUT2D eigenvalue weighted by atomic mass is 19.2. The van der Waals surface area contributed by atoms with Crippen molar-refractivity contribution in [2.45, 2.75) is 6.04 Å². The lowest BCUT2D eigenvalue weighted by molar-refractivity contribution is -0.139. The first-order valence-corrected chi connectivity index (χ1v) is 5.58. The first-order valence-electron chi connectivity index (χ1n) is 5.58. The highest BCUT2D eigenvalue weighted by molar-refractivity contribution is 5.75. The van der Waals surface area contributed by atoms with Crippen molar-refractivity contribution in [2.75, 3.05) is 27.2 Å². The third-order valence-corrected chi connectivity index (χ3v) is 2.51. The summed E-state index contributed by atoms with van der Waals surface area (Å²) in [7, 11) is 3.57. The van der Waals surface area contributed by atoms with E-state index in [-0.39, 0.29) is 6.54 Å². The largest absolute Gasteiger partial charge is 0.480 e. The molecule has 0 bridgehead atoms. The van der Waals surface area contributed by atoms with Gasteiger partial charge in [-0.15, -0.1) is 0 Å². The molecule has 0 saturated heterocycles. The number of carboxylic acid groups (broad SMARTS) is 1. The minimum atomic E-state index is -1.42. The highest BCUT2D eigenvalue weighted by Crippen LogP contribution is 2.20. The first kappa shape index (κ1) is 15.5. The van der Waals surface area contributed by atoms with Gasteiger partial charge in [-0.05, 0) is 20.2 Å². The summed E-state index contributed by atoms with van der Waals surface area (Å²) in [6.07, 6.45) is 0. The average Bonchev–Trinajstić information content (AvgIpc) is 2.29. The van der Waals surface area contributed by atoms with Crippen LogP contribution in [0.4, 0.5) is 13.2 Å². The fourth-order valence-corrected chi connectivity index (χ4v) is 1.52. The smallest absolute Gasteiger partial charge is 0.325 e. The van der Waals surface area contributed by atoms with Gasteiger partial charge in [0.25, 0.3) is 0 Å². The SMILES string of the molecule is CN(C)CCNC(C(=O)O)c1cc(F)c(F)cc1F. The van der Waals surface area contributed by atoms with Crippen molar-refractivity contribution in [3.8, 4) is 0 Å². The second-order valence-corrected chi connectivity index (χ2v) is 4.32. The number of carboxylic acids is 1. The second-order valence-electron chi connectivity index (χ2n) is 4.32. The minimum absolute atomic E-state index is 0.266. The molecule has 0 saturated carbocycles. The van der Waals surface area contributed by atoms with Crippen LogP contribution in [0.3, 0.4) is 0 Å². The summed E-state index contributed by atoms with van der Waals surface area (Å²) < 4.78 is 39.4. The van der Waals surface area contributed by atoms with Crippen molar-refractivity contribution >= 4 is 5.97 Å². The van der Waals surface area contributed by atoms with Crippen molar-refractivity contribution < 1.29 is 23.1 Å². The van der Waals surface area contributed by atoms with Crippen molar-refractivity contribution in [2.24, 2.45) is 0 Å². The molecule has 0 aromatic heterocycles. The molecule has 0 aliphatic rings. The molecule has 106 valence electrons. The average molecular weight is 276 g/mol. The summed E-state index contributed by atoms with van der Waals surface area (Å²) in [5.41, 5.74) is -0.426. The number of aliphatic carboxylic acids is 1. The van der Waals surface area contributed by atoms with Crippen LogP contribution in [0.25, 0.3) is 0 Å². The van der Waals surface area contributed by atoms with E-state index in [4.69, 9.17) is 5.11 Å². The van der Waals surface area contributed by atoms with Crippen LogP contribution in [0.1, 0.15) is 11.6 Å². The molecule has 0 heterocycles. The minimum Gasteiger partial charge on any atom is -0.480 e. The molecule has 1 rings (SSSR count). The molecule has 1 aromatic carbocycles. The zero-order valence-electron chi connectivity index (χ0n) is 10.6. The van der Waals surface area contributed by atoms with Crippen LogP contribution in [-0.2, 0) is 4.79 Å². The lowest BCUT2D eigenvalue weighted by Gasteiger charge is -2.17. The number of halogens is 3. The van der Waals surface area contributed by atoms with Crippen molar-refractivity contribution in [1.29, 1.82) is 0 Å². The zero-order chi connectivity index (χ0) is 14.6. The van der Waals surface area contributed by atoms with E-state index in [1.165, 1.54) is 0 Å². The molecule has 2 N–H and O–H groups in total. The van der Waals surface area contributed by atoms with E-state index in [2.05, 4.69) is 5.32 Å². The molecule has 7 heteroatoms. The van der Waals surface area contributed by atoms with Crippen molar-refractivity contribution in [3.05, 3.63) is 35.1 Å². The number of nitrogens with zero attached hydrogens (tertiary/aromatic N) is 1. The molecule has 1 atom stereocenters. The van der Waals surface area contributed by atoms with Crippen LogP contribution in [0.5, 0.6) is 0 Å². The number of rotatable bonds is 6. The summed E-state index contributed by atoms with van der Waals surface area (Å²) >= 11 is 0. The summed E-state index contributed by atoms with van der Waals surface area (Å²) in [5.74, 6) is -5.08. The van der Waals surface area contributed by atoms with E-state index in [9.17, 15) is 18.0 Å². The van der Waals surface area contributed by atoms with Gasteiger partial charge in [-0.3, -0.25) is 10.1 Å². The van der Waals surface area contributed by atoms with Gasteiger partial charge in [0.2, 0.25) is 0 Å². The van der Waals surface area contributed by atoms with Crippen LogP contribution >= 0.6 is 0 Å². The topological polar surface area (TPSA) is 52.6 Å². The van der Waals surface area contributed by atoms with E-state index in [0.29, 0.717) is 18.7 Å². The molecular formula is C12H15F3N2O2. The molecule has 0 fully saturated rings. The van der Waals surface area contributed by atoms with Crippen LogP contribution in [0.2, 0.25) is 0 Å². The maximum atomic E-state index is 13.5. The normalized spacial score (nSPS) is 12.7. The Labute approximate surface area is 108 Å². The molecule has 0 amide bonds.